The summed E-state index contributed by atoms with van der Waals surface area (Å²) >= 11 is 1.40. The second-order valence-corrected chi connectivity index (χ2v) is 9.19. The molecule has 1 atom stereocenters. The van der Waals surface area contributed by atoms with Crippen LogP contribution in [0, 0.1) is 6.92 Å². The van der Waals surface area contributed by atoms with E-state index in [0.29, 0.717) is 36.1 Å². The second kappa shape index (κ2) is 8.92. The molecule has 2 aliphatic heterocycles. The van der Waals surface area contributed by atoms with Gasteiger partial charge in [0.1, 0.15) is 11.9 Å². The summed E-state index contributed by atoms with van der Waals surface area (Å²) in [5.41, 5.74) is 3.64. The van der Waals surface area contributed by atoms with Gasteiger partial charge < -0.3 is 14.4 Å². The number of rotatable bonds is 5. The Balaban J connectivity index is 1.34. The predicted molar refractivity (Wildman–Crippen MR) is 124 cm³/mol. The van der Waals surface area contributed by atoms with E-state index in [1.165, 1.54) is 11.3 Å². The molecule has 0 bridgehead atoms. The Morgan fingerprint density at radius 2 is 2.09 bits per heavy atom. The van der Waals surface area contributed by atoms with E-state index < -0.39 is 0 Å². The molecular formula is C24H24N4O4S. The third-order valence-electron chi connectivity index (χ3n) is 5.87. The maximum absolute atomic E-state index is 13.2. The van der Waals surface area contributed by atoms with Crippen LogP contribution in [0.2, 0.25) is 0 Å². The minimum absolute atomic E-state index is 0.0236. The van der Waals surface area contributed by atoms with Gasteiger partial charge in [0.25, 0.3) is 11.8 Å². The molecule has 3 aromatic rings. The fourth-order valence-corrected chi connectivity index (χ4v) is 5.20. The molecule has 1 aromatic carbocycles. The molecule has 0 aliphatic carbocycles. The molecule has 9 heteroatoms. The van der Waals surface area contributed by atoms with Gasteiger partial charge in [-0.25, -0.2) is 4.98 Å². The summed E-state index contributed by atoms with van der Waals surface area (Å²) < 4.78 is 11.0. The molecule has 0 radical (unpaired) electrons. The van der Waals surface area contributed by atoms with E-state index in [-0.39, 0.29) is 17.9 Å². The van der Waals surface area contributed by atoms with Crippen molar-refractivity contribution >= 4 is 28.3 Å². The largest absolute Gasteiger partial charge is 0.496 e. The standard InChI is InChI=1S/C24H24N4O4S/c1-14-10-16(15-6-3-4-7-19(15)31-2)17(11-25-14)22(29)27-24-26-18-12-28(13-21(18)33-24)23(30)20-8-5-9-32-20/h3-4,6-7,10-11,20H,5,8-9,12-13H2,1-2H3,(H,26,27,29)/t20-/m1/s1. The van der Waals surface area contributed by atoms with E-state index in [4.69, 9.17) is 9.47 Å². The summed E-state index contributed by atoms with van der Waals surface area (Å²) in [5.74, 6) is 0.417. The molecule has 1 N–H and O–H groups in total. The van der Waals surface area contributed by atoms with Gasteiger partial charge in [0.15, 0.2) is 5.13 Å². The highest BCUT2D eigenvalue weighted by Gasteiger charge is 2.33. The number of pyridine rings is 1. The molecule has 1 saturated heterocycles. The van der Waals surface area contributed by atoms with Gasteiger partial charge in [-0.05, 0) is 31.9 Å². The first-order valence-corrected chi connectivity index (χ1v) is 11.7. The van der Waals surface area contributed by atoms with Crippen molar-refractivity contribution in [3.63, 3.8) is 0 Å². The molecule has 1 fully saturated rings. The highest BCUT2D eigenvalue weighted by Crippen LogP contribution is 2.35. The first kappa shape index (κ1) is 21.5. The third-order valence-corrected chi connectivity index (χ3v) is 6.87. The number of amides is 2. The molecule has 8 nitrogen and oxygen atoms in total. The van der Waals surface area contributed by atoms with Crippen LogP contribution in [-0.4, -0.2) is 46.5 Å². The van der Waals surface area contributed by atoms with E-state index in [9.17, 15) is 9.59 Å². The number of nitrogens with zero attached hydrogens (tertiary/aromatic N) is 3. The zero-order chi connectivity index (χ0) is 22.9. The molecule has 0 unspecified atom stereocenters. The average Bonchev–Trinajstić information content (AvgIpc) is 3.55. The van der Waals surface area contributed by atoms with Gasteiger partial charge in [0.2, 0.25) is 0 Å². The van der Waals surface area contributed by atoms with E-state index in [0.717, 1.165) is 40.2 Å². The van der Waals surface area contributed by atoms with Crippen LogP contribution in [0.1, 0.15) is 39.5 Å². The van der Waals surface area contributed by atoms with E-state index in [1.54, 1.807) is 18.2 Å². The number of aryl methyl sites for hydroxylation is 1. The number of methoxy groups -OCH3 is 1. The van der Waals surface area contributed by atoms with Crippen molar-refractivity contribution in [3.05, 3.63) is 58.4 Å². The maximum Gasteiger partial charge on any atom is 0.259 e. The molecule has 170 valence electrons. The number of ether oxygens (including phenoxy) is 2. The van der Waals surface area contributed by atoms with Gasteiger partial charge in [0.05, 0.1) is 36.3 Å². The number of carbonyl (C=O) groups excluding carboxylic acids is 2. The van der Waals surface area contributed by atoms with Crippen molar-refractivity contribution in [2.75, 3.05) is 19.0 Å². The molecule has 5 rings (SSSR count). The highest BCUT2D eigenvalue weighted by atomic mass is 32.1. The van der Waals surface area contributed by atoms with Crippen molar-refractivity contribution in [1.82, 2.24) is 14.9 Å². The van der Waals surface area contributed by atoms with Crippen LogP contribution in [0.5, 0.6) is 5.75 Å². The van der Waals surface area contributed by atoms with Crippen molar-refractivity contribution < 1.29 is 19.1 Å². The Morgan fingerprint density at radius 3 is 2.85 bits per heavy atom. The van der Waals surface area contributed by atoms with Crippen molar-refractivity contribution in [1.29, 1.82) is 0 Å². The van der Waals surface area contributed by atoms with Gasteiger partial charge in [-0.3, -0.25) is 19.9 Å². The molecule has 0 saturated carbocycles. The Labute approximate surface area is 195 Å². The second-order valence-electron chi connectivity index (χ2n) is 8.11. The van der Waals surface area contributed by atoms with Crippen LogP contribution in [0.15, 0.2) is 36.5 Å². The lowest BCUT2D eigenvalue weighted by molar-refractivity contribution is -0.141. The number of anilines is 1. The Kier molecular flexibility index (Phi) is 5.82. The quantitative estimate of drug-likeness (QED) is 0.617. The number of benzene rings is 1. The monoisotopic (exact) mass is 464 g/mol. The molecule has 2 amide bonds. The Morgan fingerprint density at radius 1 is 1.24 bits per heavy atom. The molecule has 33 heavy (non-hydrogen) atoms. The zero-order valence-electron chi connectivity index (χ0n) is 18.5. The van der Waals surface area contributed by atoms with Crippen LogP contribution in [0.25, 0.3) is 11.1 Å². The maximum atomic E-state index is 13.2. The fraction of sp³-hybridized carbons (Fsp3) is 0.333. The van der Waals surface area contributed by atoms with E-state index >= 15 is 0 Å². The molecule has 2 aliphatic rings. The minimum Gasteiger partial charge on any atom is -0.496 e. The lowest BCUT2D eigenvalue weighted by Gasteiger charge is -2.19. The van der Waals surface area contributed by atoms with Crippen molar-refractivity contribution in [2.45, 2.75) is 39.0 Å². The third kappa shape index (κ3) is 4.21. The number of para-hydroxylation sites is 1. The van der Waals surface area contributed by atoms with Crippen molar-refractivity contribution in [2.24, 2.45) is 0 Å². The van der Waals surface area contributed by atoms with Gasteiger partial charge in [-0.15, -0.1) is 0 Å². The van der Waals surface area contributed by atoms with Crippen LogP contribution in [-0.2, 0) is 22.6 Å². The number of fused-ring (bicyclic) bond motifs is 1. The van der Waals surface area contributed by atoms with Gasteiger partial charge >= 0.3 is 0 Å². The van der Waals surface area contributed by atoms with E-state index in [2.05, 4.69) is 15.3 Å². The van der Waals surface area contributed by atoms with Crippen LogP contribution >= 0.6 is 11.3 Å². The lowest BCUT2D eigenvalue weighted by atomic mass is 9.99. The van der Waals surface area contributed by atoms with E-state index in [1.807, 2.05) is 37.3 Å². The van der Waals surface area contributed by atoms with Gasteiger partial charge in [0, 0.05) is 29.6 Å². The number of carbonyl (C=O) groups is 2. The van der Waals surface area contributed by atoms with Crippen LogP contribution < -0.4 is 10.1 Å². The summed E-state index contributed by atoms with van der Waals surface area (Å²) in [6.45, 7) is 3.47. The minimum atomic E-state index is -0.333. The Bertz CT molecular complexity index is 1200. The molecular weight excluding hydrogens is 440 g/mol. The average molecular weight is 465 g/mol. The summed E-state index contributed by atoms with van der Waals surface area (Å²) in [5, 5.41) is 3.43. The summed E-state index contributed by atoms with van der Waals surface area (Å²) in [4.78, 5) is 37.5. The number of aromatic nitrogens is 2. The van der Waals surface area contributed by atoms with Crippen LogP contribution in [0.3, 0.4) is 0 Å². The SMILES string of the molecule is COc1ccccc1-c1cc(C)ncc1C(=O)Nc1nc2c(s1)CN(C(=O)[C@H]1CCCO1)C2. The Hall–Kier alpha value is -3.30. The van der Waals surface area contributed by atoms with Gasteiger partial charge in [-0.2, -0.15) is 0 Å². The molecule has 2 aromatic heterocycles. The zero-order valence-corrected chi connectivity index (χ0v) is 19.3. The number of hydrogen-bond donors (Lipinski definition) is 1. The fourth-order valence-electron chi connectivity index (χ4n) is 4.22. The number of nitrogens with one attached hydrogen (secondary N) is 1. The van der Waals surface area contributed by atoms with Crippen molar-refractivity contribution in [3.8, 4) is 16.9 Å². The predicted octanol–water partition coefficient (Wildman–Crippen LogP) is 3.80. The number of hydrogen-bond acceptors (Lipinski definition) is 7. The van der Waals surface area contributed by atoms with Gasteiger partial charge in [-0.1, -0.05) is 29.5 Å². The normalized spacial score (nSPS) is 17.2. The summed E-state index contributed by atoms with van der Waals surface area (Å²) in [7, 11) is 1.61. The molecule has 4 heterocycles. The van der Waals surface area contributed by atoms with Crippen LogP contribution in [0.4, 0.5) is 5.13 Å². The number of thiazole rings is 1. The first-order chi connectivity index (χ1) is 16.0. The first-order valence-electron chi connectivity index (χ1n) is 10.8. The smallest absolute Gasteiger partial charge is 0.259 e. The topological polar surface area (TPSA) is 93.6 Å². The summed E-state index contributed by atoms with van der Waals surface area (Å²) in [6.07, 6.45) is 2.94. The highest BCUT2D eigenvalue weighted by molar-refractivity contribution is 7.16. The lowest BCUT2D eigenvalue weighted by Crippen LogP contribution is -2.35. The molecule has 0 spiro atoms. The summed E-state index contributed by atoms with van der Waals surface area (Å²) in [6, 6.07) is 9.46.